The molecular formula is C34H40N6O4. The minimum Gasteiger partial charge on any atom is -0.484 e. The molecule has 0 aromatic heterocycles. The van der Waals surface area contributed by atoms with Gasteiger partial charge in [-0.25, -0.2) is 0 Å². The van der Waals surface area contributed by atoms with Crippen LogP contribution in [0.5, 0.6) is 11.5 Å². The summed E-state index contributed by atoms with van der Waals surface area (Å²) < 4.78 is 11.5. The lowest BCUT2D eigenvalue weighted by molar-refractivity contribution is -0.123. The Morgan fingerprint density at radius 1 is 0.659 bits per heavy atom. The number of likely N-dealkylation sites (N-methyl/N-ethyl adjacent to an activating group) is 2. The second kappa shape index (κ2) is 14.3. The Kier molecular flexibility index (Phi) is 10.0. The molecule has 0 unspecified atom stereocenters. The number of aliphatic imine (C=N–C) groups is 2. The number of amides is 2. The highest BCUT2D eigenvalue weighted by Crippen LogP contribution is 2.34. The van der Waals surface area contributed by atoms with E-state index in [4.69, 9.17) is 19.5 Å². The summed E-state index contributed by atoms with van der Waals surface area (Å²) >= 11 is 0. The fourth-order valence-corrected chi connectivity index (χ4v) is 4.96. The first kappa shape index (κ1) is 30.9. The number of rotatable bonds is 14. The van der Waals surface area contributed by atoms with E-state index in [0.29, 0.717) is 37.4 Å². The van der Waals surface area contributed by atoms with Gasteiger partial charge in [-0.15, -0.1) is 0 Å². The van der Waals surface area contributed by atoms with Gasteiger partial charge in [-0.3, -0.25) is 19.6 Å². The third-order valence-corrected chi connectivity index (χ3v) is 7.38. The fourth-order valence-electron chi connectivity index (χ4n) is 4.96. The number of carbonyl (C=O) groups is 2. The van der Waals surface area contributed by atoms with Crippen LogP contribution in [0.2, 0.25) is 0 Å². The average molecular weight is 597 g/mol. The second-order valence-electron chi connectivity index (χ2n) is 11.5. The Morgan fingerprint density at radius 3 is 1.45 bits per heavy atom. The van der Waals surface area contributed by atoms with E-state index in [1.54, 1.807) is 0 Å². The highest BCUT2D eigenvalue weighted by Gasteiger charge is 2.20. The molecule has 10 nitrogen and oxygen atoms in total. The molecule has 0 saturated carbocycles. The zero-order chi connectivity index (χ0) is 31.1. The molecule has 2 aliphatic heterocycles. The maximum Gasteiger partial charge on any atom is 0.257 e. The number of hydrogen-bond donors (Lipinski definition) is 2. The van der Waals surface area contributed by atoms with E-state index in [-0.39, 0.29) is 25.0 Å². The van der Waals surface area contributed by atoms with Crippen LogP contribution in [-0.2, 0) is 22.4 Å². The first-order valence-corrected chi connectivity index (χ1v) is 14.8. The number of nitrogens with zero attached hydrogens (tertiary/aromatic N) is 4. The summed E-state index contributed by atoms with van der Waals surface area (Å²) in [7, 11) is 7.86. The molecule has 0 radical (unpaired) electrons. The zero-order valence-electron chi connectivity index (χ0n) is 25.9. The Hall–Kier alpha value is -4.54. The van der Waals surface area contributed by atoms with Crippen molar-refractivity contribution in [3.8, 4) is 11.5 Å². The highest BCUT2D eigenvalue weighted by atomic mass is 16.5. The predicted molar refractivity (Wildman–Crippen MR) is 173 cm³/mol. The number of nitrogens with one attached hydrogen (secondary N) is 2. The second-order valence-corrected chi connectivity index (χ2v) is 11.5. The normalized spacial score (nSPS) is 13.3. The SMILES string of the molecule is CN(C)CCNC(=O)COc1ccc2c(c1)CC(c1ccc(C3=Nc4ccc(OCC(=O)NCCN(C)C)cc4C3)cc1)=N2. The summed E-state index contributed by atoms with van der Waals surface area (Å²) in [4.78, 5) is 37.8. The molecule has 3 aromatic carbocycles. The Morgan fingerprint density at radius 2 is 1.07 bits per heavy atom. The largest absolute Gasteiger partial charge is 0.484 e. The van der Waals surface area contributed by atoms with Crippen LogP contribution in [0, 0.1) is 0 Å². The molecule has 0 aliphatic carbocycles. The molecule has 5 rings (SSSR count). The Labute approximate surface area is 258 Å². The zero-order valence-corrected chi connectivity index (χ0v) is 25.9. The van der Waals surface area contributed by atoms with Crippen molar-refractivity contribution in [1.82, 2.24) is 20.4 Å². The Balaban J connectivity index is 1.12. The maximum absolute atomic E-state index is 12.1. The van der Waals surface area contributed by atoms with Crippen molar-refractivity contribution >= 4 is 34.6 Å². The third kappa shape index (κ3) is 8.30. The van der Waals surface area contributed by atoms with Gasteiger partial charge in [0.2, 0.25) is 0 Å². The topological polar surface area (TPSA) is 108 Å². The van der Waals surface area contributed by atoms with Crippen molar-refractivity contribution in [3.05, 3.63) is 82.9 Å². The van der Waals surface area contributed by atoms with Gasteiger partial charge in [0.05, 0.1) is 22.8 Å². The lowest BCUT2D eigenvalue weighted by atomic mass is 9.99. The number of hydrogen-bond acceptors (Lipinski definition) is 8. The van der Waals surface area contributed by atoms with E-state index in [9.17, 15) is 9.59 Å². The van der Waals surface area contributed by atoms with Crippen LogP contribution in [0.1, 0.15) is 22.3 Å². The summed E-state index contributed by atoms with van der Waals surface area (Å²) in [6, 6.07) is 19.9. The maximum atomic E-state index is 12.1. The number of carbonyl (C=O) groups excluding carboxylic acids is 2. The van der Waals surface area contributed by atoms with Crippen LogP contribution in [0.4, 0.5) is 11.4 Å². The van der Waals surface area contributed by atoms with Crippen LogP contribution in [0.3, 0.4) is 0 Å². The van der Waals surface area contributed by atoms with E-state index in [1.165, 1.54) is 0 Å². The predicted octanol–water partition coefficient (Wildman–Crippen LogP) is 3.15. The molecule has 2 aliphatic rings. The summed E-state index contributed by atoms with van der Waals surface area (Å²) in [6.07, 6.45) is 1.40. The minimum absolute atomic E-state index is 0.0159. The van der Waals surface area contributed by atoms with Crippen LogP contribution in [-0.4, -0.2) is 101 Å². The minimum atomic E-state index is -0.135. The smallest absolute Gasteiger partial charge is 0.257 e. The quantitative estimate of drug-likeness (QED) is 0.296. The third-order valence-electron chi connectivity index (χ3n) is 7.38. The molecule has 0 fully saturated rings. The first-order chi connectivity index (χ1) is 21.2. The van der Waals surface area contributed by atoms with Gasteiger partial charge in [0.1, 0.15) is 11.5 Å². The Bertz CT molecular complexity index is 1450. The molecule has 2 amide bonds. The molecule has 2 N–H and O–H groups in total. The summed E-state index contributed by atoms with van der Waals surface area (Å²) in [5.41, 5.74) is 8.11. The molecule has 0 atom stereocenters. The molecule has 0 spiro atoms. The lowest BCUT2D eigenvalue weighted by Crippen LogP contribution is -2.34. The molecule has 3 aromatic rings. The van der Waals surface area contributed by atoms with Gasteiger partial charge < -0.3 is 29.9 Å². The van der Waals surface area contributed by atoms with Crippen LogP contribution < -0.4 is 20.1 Å². The van der Waals surface area contributed by atoms with Crippen molar-refractivity contribution < 1.29 is 19.1 Å². The van der Waals surface area contributed by atoms with E-state index < -0.39 is 0 Å². The first-order valence-electron chi connectivity index (χ1n) is 14.8. The van der Waals surface area contributed by atoms with Gasteiger partial charge in [-0.1, -0.05) is 24.3 Å². The van der Waals surface area contributed by atoms with Gasteiger partial charge >= 0.3 is 0 Å². The van der Waals surface area contributed by atoms with Crippen LogP contribution in [0.15, 0.2) is 70.6 Å². The fraction of sp³-hybridized carbons (Fsp3) is 0.353. The van der Waals surface area contributed by atoms with Gasteiger partial charge in [0.15, 0.2) is 13.2 Å². The van der Waals surface area contributed by atoms with E-state index in [2.05, 4.69) is 34.9 Å². The average Bonchev–Trinajstić information content (AvgIpc) is 3.62. The number of fused-ring (bicyclic) bond motifs is 2. The van der Waals surface area contributed by atoms with E-state index in [1.807, 2.05) is 74.4 Å². The van der Waals surface area contributed by atoms with E-state index in [0.717, 1.165) is 58.1 Å². The van der Waals surface area contributed by atoms with Crippen molar-refractivity contribution in [2.24, 2.45) is 9.98 Å². The number of benzene rings is 3. The van der Waals surface area contributed by atoms with Crippen molar-refractivity contribution in [2.45, 2.75) is 12.8 Å². The highest BCUT2D eigenvalue weighted by molar-refractivity contribution is 6.09. The molecular weight excluding hydrogens is 556 g/mol. The standard InChI is InChI=1S/C34H40N6O4/c1-39(2)15-13-35-33(41)21-43-27-9-11-29-25(17-27)19-31(37-29)23-5-7-24(8-6-23)32-20-26-18-28(10-12-30(26)38-32)44-22-34(42)36-14-16-40(3)4/h5-12,17-18H,13-16,19-22H2,1-4H3,(H,35,41)(H,36,42). The molecule has 230 valence electrons. The van der Waals surface area contributed by atoms with Crippen molar-refractivity contribution in [2.75, 3.05) is 67.6 Å². The van der Waals surface area contributed by atoms with Crippen molar-refractivity contribution in [1.29, 1.82) is 0 Å². The van der Waals surface area contributed by atoms with Gasteiger partial charge in [0, 0.05) is 39.0 Å². The van der Waals surface area contributed by atoms with Gasteiger partial charge in [0.25, 0.3) is 11.8 Å². The molecule has 2 heterocycles. The van der Waals surface area contributed by atoms with Crippen molar-refractivity contribution in [3.63, 3.8) is 0 Å². The van der Waals surface area contributed by atoms with Crippen LogP contribution >= 0.6 is 0 Å². The molecule has 44 heavy (non-hydrogen) atoms. The monoisotopic (exact) mass is 596 g/mol. The number of ether oxygens (including phenoxy) is 2. The van der Waals surface area contributed by atoms with Gasteiger partial charge in [-0.05, 0) is 86.8 Å². The lowest BCUT2D eigenvalue weighted by Gasteiger charge is -2.11. The molecule has 0 bridgehead atoms. The summed E-state index contributed by atoms with van der Waals surface area (Å²) in [5, 5.41) is 5.72. The van der Waals surface area contributed by atoms with E-state index >= 15 is 0 Å². The summed E-state index contributed by atoms with van der Waals surface area (Å²) in [6.45, 7) is 2.71. The molecule has 0 saturated heterocycles. The molecule has 10 heteroatoms. The summed E-state index contributed by atoms with van der Waals surface area (Å²) in [5.74, 6) is 1.05. The van der Waals surface area contributed by atoms with Crippen LogP contribution in [0.25, 0.3) is 0 Å². The van der Waals surface area contributed by atoms with Gasteiger partial charge in [-0.2, -0.15) is 0 Å².